The average Bonchev–Trinajstić information content (AvgIpc) is 3.28. The predicted molar refractivity (Wildman–Crippen MR) is 140 cm³/mol. The van der Waals surface area contributed by atoms with Gasteiger partial charge in [-0.05, 0) is 54.9 Å². The van der Waals surface area contributed by atoms with Gasteiger partial charge >= 0.3 is 0 Å². The summed E-state index contributed by atoms with van der Waals surface area (Å²) in [4.78, 5) is 30.1. The van der Waals surface area contributed by atoms with Crippen LogP contribution in [0.3, 0.4) is 0 Å². The van der Waals surface area contributed by atoms with Crippen LogP contribution in [0.2, 0.25) is 0 Å². The normalized spacial score (nSPS) is 18.2. The van der Waals surface area contributed by atoms with Gasteiger partial charge in [-0.15, -0.1) is 0 Å². The van der Waals surface area contributed by atoms with E-state index in [2.05, 4.69) is 55.6 Å². The first-order chi connectivity index (χ1) is 18.5. The third-order valence-corrected chi connectivity index (χ3v) is 7.83. The van der Waals surface area contributed by atoms with Gasteiger partial charge in [-0.3, -0.25) is 9.48 Å². The molecule has 0 radical (unpaired) electrons. The zero-order valence-electron chi connectivity index (χ0n) is 21.4. The van der Waals surface area contributed by atoms with Crippen LogP contribution in [0.1, 0.15) is 72.7 Å². The zero-order chi connectivity index (χ0) is 25.9. The molecule has 1 atom stereocenters. The molecule has 4 heterocycles. The fourth-order valence-corrected chi connectivity index (χ4v) is 5.31. The smallest absolute Gasteiger partial charge is 0.293 e. The first kappa shape index (κ1) is 22.8. The monoisotopic (exact) mass is 508 g/mol. The van der Waals surface area contributed by atoms with Crippen molar-refractivity contribution < 1.29 is 9.32 Å². The maximum absolute atomic E-state index is 13.0. The molecule has 38 heavy (non-hydrogen) atoms. The number of imidazole rings is 1. The fraction of sp³-hybridized carbons (Fsp3) is 0.357. The number of aromatic amines is 1. The summed E-state index contributed by atoms with van der Waals surface area (Å²) < 4.78 is 7.14. The fourth-order valence-electron chi connectivity index (χ4n) is 5.31. The van der Waals surface area contributed by atoms with Crippen molar-refractivity contribution in [1.29, 1.82) is 0 Å². The number of amides is 1. The topological polar surface area (TPSA) is 127 Å². The van der Waals surface area contributed by atoms with Gasteiger partial charge in [0.05, 0.1) is 17.8 Å². The first-order valence-electron chi connectivity index (χ1n) is 13.1. The van der Waals surface area contributed by atoms with E-state index in [-0.39, 0.29) is 23.2 Å². The molecular weight excluding hydrogens is 480 g/mol. The Hall–Kier alpha value is -4.34. The summed E-state index contributed by atoms with van der Waals surface area (Å²) in [6.07, 6.45) is 11.5. The maximum atomic E-state index is 13.0. The third-order valence-electron chi connectivity index (χ3n) is 7.83. The van der Waals surface area contributed by atoms with Crippen molar-refractivity contribution in [2.75, 3.05) is 0 Å². The second kappa shape index (κ2) is 8.61. The molecule has 4 aromatic heterocycles. The maximum Gasteiger partial charge on any atom is 0.293 e. The van der Waals surface area contributed by atoms with E-state index >= 15 is 0 Å². The van der Waals surface area contributed by atoms with E-state index in [0.717, 1.165) is 77.8 Å². The van der Waals surface area contributed by atoms with Crippen molar-refractivity contribution in [3.8, 4) is 22.5 Å². The Morgan fingerprint density at radius 1 is 1.18 bits per heavy atom. The van der Waals surface area contributed by atoms with Crippen molar-refractivity contribution >= 4 is 17.1 Å². The second-order valence-corrected chi connectivity index (χ2v) is 10.7. The number of nitrogens with zero attached hydrogens (tertiary/aromatic N) is 6. The van der Waals surface area contributed by atoms with Crippen LogP contribution >= 0.6 is 0 Å². The number of fused-ring (bicyclic) bond motifs is 2. The Labute approximate surface area is 218 Å². The lowest BCUT2D eigenvalue weighted by Gasteiger charge is -2.19. The van der Waals surface area contributed by atoms with Crippen LogP contribution in [0.5, 0.6) is 0 Å². The Morgan fingerprint density at radius 2 is 2.08 bits per heavy atom. The van der Waals surface area contributed by atoms with Crippen molar-refractivity contribution in [3.63, 3.8) is 0 Å². The summed E-state index contributed by atoms with van der Waals surface area (Å²) in [5, 5.41) is 11.4. The highest BCUT2D eigenvalue weighted by atomic mass is 16.5. The number of nitrogens with one attached hydrogen (secondary N) is 2. The van der Waals surface area contributed by atoms with Crippen LogP contribution in [0.15, 0.2) is 47.4 Å². The molecule has 10 heteroatoms. The molecule has 10 nitrogen and oxygen atoms in total. The highest BCUT2D eigenvalue weighted by molar-refractivity contribution is 5.92. The molecule has 2 N–H and O–H groups in total. The summed E-state index contributed by atoms with van der Waals surface area (Å²) in [5.74, 6) is 1.12. The van der Waals surface area contributed by atoms with Gasteiger partial charge in [0.25, 0.3) is 11.7 Å². The third kappa shape index (κ3) is 3.96. The number of aromatic nitrogens is 7. The lowest BCUT2D eigenvalue weighted by molar-refractivity contribution is 0.0921. The van der Waals surface area contributed by atoms with E-state index in [1.165, 1.54) is 5.56 Å². The van der Waals surface area contributed by atoms with E-state index in [4.69, 9.17) is 9.51 Å². The average molecular weight is 509 g/mol. The molecule has 0 spiro atoms. The van der Waals surface area contributed by atoms with Crippen LogP contribution in [0.25, 0.3) is 33.7 Å². The quantitative estimate of drug-likeness (QED) is 0.331. The number of H-pyrrole nitrogens is 1. The number of hydrogen-bond donors (Lipinski definition) is 2. The molecule has 7 rings (SSSR count). The minimum absolute atomic E-state index is 0.0672. The largest absolute Gasteiger partial charge is 0.342 e. The summed E-state index contributed by atoms with van der Waals surface area (Å²) in [6, 6.07) is 8.37. The molecule has 5 aromatic rings. The molecule has 1 saturated carbocycles. The van der Waals surface area contributed by atoms with Gasteiger partial charge in [-0.2, -0.15) is 10.1 Å². The number of aryl methyl sites for hydroxylation is 2. The Kier molecular flexibility index (Phi) is 5.17. The summed E-state index contributed by atoms with van der Waals surface area (Å²) in [6.45, 7) is 2.08. The molecule has 192 valence electrons. The number of carbonyl (C=O) groups is 1. The number of carbonyl (C=O) groups excluding carboxylic acids is 1. The van der Waals surface area contributed by atoms with E-state index < -0.39 is 0 Å². The number of rotatable bonds is 5. The molecule has 0 saturated heterocycles. The molecule has 0 bridgehead atoms. The van der Waals surface area contributed by atoms with E-state index in [1.54, 1.807) is 17.1 Å². The predicted octanol–water partition coefficient (Wildman–Crippen LogP) is 4.66. The van der Waals surface area contributed by atoms with Crippen molar-refractivity contribution in [2.24, 2.45) is 7.05 Å². The zero-order valence-corrected chi connectivity index (χ0v) is 21.4. The Morgan fingerprint density at radius 3 is 2.89 bits per heavy atom. The standard InChI is InChI=1S/C28H28N8O2/c1-28(10-11-28)27-34-25(35-38-27)26(37)31-21-6-4-3-5-16-13-17(7-8-19(16)21)20-9-12-29-24-22(20)32-23(33-24)18-14-30-36(2)15-18/h7-9,12-15,21H,3-6,10-11H2,1-2H3,(H,31,37)(H,29,32,33)/t21-/m1/s1. The van der Waals surface area contributed by atoms with Gasteiger partial charge in [0.2, 0.25) is 5.89 Å². The van der Waals surface area contributed by atoms with Crippen LogP contribution in [0, 0.1) is 0 Å². The van der Waals surface area contributed by atoms with Gasteiger partial charge in [-0.25, -0.2) is 9.97 Å². The SMILES string of the molecule is Cn1cc(-c2nc3c(-c4ccc5c(c4)CCCC[C@H]5NC(=O)c4noc(C5(C)CC5)n4)ccnc3[nH]2)cn1. The Bertz CT molecular complexity index is 1680. The Balaban J connectivity index is 1.19. The number of hydrogen-bond acceptors (Lipinski definition) is 7. The van der Waals surface area contributed by atoms with Crippen LogP contribution in [-0.4, -0.2) is 40.8 Å². The molecule has 1 amide bonds. The second-order valence-electron chi connectivity index (χ2n) is 10.7. The molecule has 1 fully saturated rings. The summed E-state index contributed by atoms with van der Waals surface area (Å²) in [5.41, 5.74) is 6.87. The van der Waals surface area contributed by atoms with Crippen molar-refractivity contribution in [1.82, 2.24) is 40.2 Å². The molecule has 1 aromatic carbocycles. The van der Waals surface area contributed by atoms with Crippen molar-refractivity contribution in [3.05, 3.63) is 65.7 Å². The van der Waals surface area contributed by atoms with Gasteiger partial charge < -0.3 is 14.8 Å². The van der Waals surface area contributed by atoms with Crippen LogP contribution < -0.4 is 5.32 Å². The minimum atomic E-state index is -0.290. The highest BCUT2D eigenvalue weighted by Gasteiger charge is 2.45. The summed E-state index contributed by atoms with van der Waals surface area (Å²) >= 11 is 0. The van der Waals surface area contributed by atoms with E-state index in [9.17, 15) is 4.79 Å². The molecule has 0 unspecified atom stereocenters. The number of pyridine rings is 1. The summed E-state index contributed by atoms with van der Waals surface area (Å²) in [7, 11) is 1.88. The first-order valence-corrected chi connectivity index (χ1v) is 13.1. The molecule has 2 aliphatic rings. The highest BCUT2D eigenvalue weighted by Crippen LogP contribution is 2.46. The lowest BCUT2D eigenvalue weighted by Crippen LogP contribution is -2.29. The van der Waals surface area contributed by atoms with Gasteiger partial charge in [0.15, 0.2) is 5.65 Å². The lowest BCUT2D eigenvalue weighted by atomic mass is 9.94. The van der Waals surface area contributed by atoms with Gasteiger partial charge in [-0.1, -0.05) is 36.7 Å². The van der Waals surface area contributed by atoms with E-state index in [0.29, 0.717) is 5.89 Å². The van der Waals surface area contributed by atoms with Gasteiger partial charge in [0, 0.05) is 30.4 Å². The van der Waals surface area contributed by atoms with Gasteiger partial charge in [0.1, 0.15) is 11.3 Å². The number of benzene rings is 1. The van der Waals surface area contributed by atoms with Crippen LogP contribution in [-0.2, 0) is 18.9 Å². The van der Waals surface area contributed by atoms with Crippen LogP contribution in [0.4, 0.5) is 0 Å². The molecule has 2 aliphatic carbocycles. The molecule has 0 aliphatic heterocycles. The molecular formula is C28H28N8O2. The van der Waals surface area contributed by atoms with Crippen molar-refractivity contribution in [2.45, 2.75) is 56.9 Å². The minimum Gasteiger partial charge on any atom is -0.342 e. The van der Waals surface area contributed by atoms with E-state index in [1.807, 2.05) is 19.3 Å².